The van der Waals surface area contributed by atoms with Crippen molar-refractivity contribution in [2.45, 2.75) is 51.6 Å². The number of morpholine rings is 1. The van der Waals surface area contributed by atoms with Crippen LogP contribution in [-0.4, -0.2) is 44.4 Å². The van der Waals surface area contributed by atoms with E-state index in [1.807, 2.05) is 24.3 Å². The van der Waals surface area contributed by atoms with E-state index >= 15 is 0 Å². The van der Waals surface area contributed by atoms with Crippen LogP contribution in [0, 0.1) is 0 Å². The highest BCUT2D eigenvalue weighted by molar-refractivity contribution is 7.94. The number of hydrogen-bond donors (Lipinski definition) is 2. The van der Waals surface area contributed by atoms with Crippen molar-refractivity contribution in [1.29, 1.82) is 0 Å². The minimum absolute atomic E-state index is 0.180. The van der Waals surface area contributed by atoms with Crippen molar-refractivity contribution in [2.75, 3.05) is 28.0 Å². The molecule has 8 heteroatoms. The number of anilines is 3. The topological polar surface area (TPSA) is 87.7 Å². The first-order valence-electron chi connectivity index (χ1n) is 10.4. The Morgan fingerprint density at radius 3 is 1.97 bits per heavy atom. The SMILES string of the molecule is C[C@@H]1CN(c2ccc(NC(=O)c3ccc(NS(=O)(=O)C(C)(C)C)cc3)cc2)C[C@@H](C)O1. The minimum atomic E-state index is -3.52. The van der Waals surface area contributed by atoms with Crippen molar-refractivity contribution in [1.82, 2.24) is 0 Å². The summed E-state index contributed by atoms with van der Waals surface area (Å²) in [5, 5.41) is 2.88. The maximum atomic E-state index is 12.6. The molecule has 168 valence electrons. The lowest BCUT2D eigenvalue weighted by Gasteiger charge is -2.36. The van der Waals surface area contributed by atoms with Gasteiger partial charge in [0.2, 0.25) is 10.0 Å². The number of nitrogens with one attached hydrogen (secondary N) is 2. The number of hydrogen-bond acceptors (Lipinski definition) is 5. The first-order valence-corrected chi connectivity index (χ1v) is 11.9. The van der Waals surface area contributed by atoms with Crippen LogP contribution in [0.25, 0.3) is 0 Å². The van der Waals surface area contributed by atoms with Gasteiger partial charge in [-0.25, -0.2) is 8.42 Å². The summed E-state index contributed by atoms with van der Waals surface area (Å²) in [6.07, 6.45) is 0.359. The van der Waals surface area contributed by atoms with Gasteiger partial charge in [-0.15, -0.1) is 0 Å². The maximum Gasteiger partial charge on any atom is 0.255 e. The summed E-state index contributed by atoms with van der Waals surface area (Å²) in [6, 6.07) is 14.1. The Balaban J connectivity index is 1.62. The Hall–Kier alpha value is -2.58. The zero-order valence-electron chi connectivity index (χ0n) is 18.7. The summed E-state index contributed by atoms with van der Waals surface area (Å²) in [6.45, 7) is 10.7. The van der Waals surface area contributed by atoms with Crippen LogP contribution in [0.5, 0.6) is 0 Å². The molecule has 3 rings (SSSR count). The van der Waals surface area contributed by atoms with Gasteiger partial charge in [-0.05, 0) is 83.1 Å². The summed E-state index contributed by atoms with van der Waals surface area (Å²) in [4.78, 5) is 14.8. The van der Waals surface area contributed by atoms with E-state index in [0.717, 1.165) is 18.8 Å². The second-order valence-electron chi connectivity index (χ2n) is 8.96. The lowest BCUT2D eigenvalue weighted by Crippen LogP contribution is -2.45. The summed E-state index contributed by atoms with van der Waals surface area (Å²) in [7, 11) is -3.52. The molecular formula is C23H31N3O4S. The zero-order chi connectivity index (χ0) is 22.8. The van der Waals surface area contributed by atoms with E-state index in [1.165, 1.54) is 0 Å². The van der Waals surface area contributed by atoms with E-state index in [2.05, 4.69) is 28.8 Å². The standard InChI is InChI=1S/C23H31N3O4S/c1-16-14-26(15-17(2)30-16)21-12-10-19(11-13-21)24-22(27)18-6-8-20(9-7-18)25-31(28,29)23(3,4)5/h6-13,16-17,25H,14-15H2,1-5H3,(H,24,27)/t16-,17-/m1/s1. The summed E-state index contributed by atoms with van der Waals surface area (Å²) >= 11 is 0. The molecular weight excluding hydrogens is 414 g/mol. The third kappa shape index (κ3) is 5.77. The van der Waals surface area contributed by atoms with Gasteiger partial charge in [0.05, 0.1) is 17.0 Å². The van der Waals surface area contributed by atoms with Gasteiger partial charge in [0.1, 0.15) is 0 Å². The molecule has 0 spiro atoms. The second-order valence-corrected chi connectivity index (χ2v) is 11.4. The van der Waals surface area contributed by atoms with E-state index in [9.17, 15) is 13.2 Å². The summed E-state index contributed by atoms with van der Waals surface area (Å²) in [5.74, 6) is -0.258. The molecule has 1 saturated heterocycles. The van der Waals surface area contributed by atoms with Gasteiger partial charge in [-0.1, -0.05) is 0 Å². The molecule has 1 aliphatic rings. The van der Waals surface area contributed by atoms with Gasteiger partial charge in [-0.3, -0.25) is 9.52 Å². The molecule has 1 fully saturated rings. The Labute approximate surface area is 184 Å². The molecule has 1 heterocycles. The molecule has 0 aliphatic carbocycles. The molecule has 0 unspecified atom stereocenters. The van der Waals surface area contributed by atoms with Crippen LogP contribution in [0.1, 0.15) is 45.0 Å². The molecule has 7 nitrogen and oxygen atoms in total. The van der Waals surface area contributed by atoms with Gasteiger partial charge < -0.3 is 15.0 Å². The van der Waals surface area contributed by atoms with Crippen LogP contribution in [0.2, 0.25) is 0 Å². The van der Waals surface area contributed by atoms with Crippen molar-refractivity contribution in [3.8, 4) is 0 Å². The van der Waals surface area contributed by atoms with E-state index in [0.29, 0.717) is 16.9 Å². The highest BCUT2D eigenvalue weighted by Crippen LogP contribution is 2.23. The minimum Gasteiger partial charge on any atom is -0.372 e. The monoisotopic (exact) mass is 445 g/mol. The van der Waals surface area contributed by atoms with Gasteiger partial charge in [0, 0.05) is 35.7 Å². The highest BCUT2D eigenvalue weighted by Gasteiger charge is 2.29. The molecule has 0 radical (unpaired) electrons. The van der Waals surface area contributed by atoms with Crippen LogP contribution in [0.4, 0.5) is 17.1 Å². The van der Waals surface area contributed by atoms with Crippen molar-refractivity contribution in [3.63, 3.8) is 0 Å². The number of carbonyl (C=O) groups excluding carboxylic acids is 1. The average molecular weight is 446 g/mol. The number of ether oxygens (including phenoxy) is 1. The molecule has 2 atom stereocenters. The van der Waals surface area contributed by atoms with Crippen molar-refractivity contribution in [2.24, 2.45) is 0 Å². The summed E-state index contributed by atoms with van der Waals surface area (Å²) in [5.41, 5.74) is 2.65. The fourth-order valence-corrected chi connectivity index (χ4v) is 4.10. The Morgan fingerprint density at radius 2 is 1.45 bits per heavy atom. The van der Waals surface area contributed by atoms with Crippen LogP contribution < -0.4 is 14.9 Å². The molecule has 2 aromatic carbocycles. The van der Waals surface area contributed by atoms with E-state index in [4.69, 9.17) is 4.74 Å². The lowest BCUT2D eigenvalue weighted by atomic mass is 10.1. The normalized spacial score (nSPS) is 19.7. The predicted octanol–water partition coefficient (Wildman–Crippen LogP) is 4.09. The maximum absolute atomic E-state index is 12.6. The molecule has 31 heavy (non-hydrogen) atoms. The van der Waals surface area contributed by atoms with Gasteiger partial charge >= 0.3 is 0 Å². The number of rotatable bonds is 5. The largest absolute Gasteiger partial charge is 0.372 e. The fraction of sp³-hybridized carbons (Fsp3) is 0.435. The van der Waals surface area contributed by atoms with E-state index in [1.54, 1.807) is 45.0 Å². The molecule has 0 bridgehead atoms. The third-order valence-electron chi connectivity index (χ3n) is 5.12. The molecule has 2 N–H and O–H groups in total. The van der Waals surface area contributed by atoms with Crippen LogP contribution in [0.15, 0.2) is 48.5 Å². The Bertz CT molecular complexity index is 1000. The van der Waals surface area contributed by atoms with Crippen LogP contribution in [-0.2, 0) is 14.8 Å². The number of nitrogens with zero attached hydrogens (tertiary/aromatic N) is 1. The van der Waals surface area contributed by atoms with Gasteiger partial charge in [0.25, 0.3) is 5.91 Å². The van der Waals surface area contributed by atoms with Crippen molar-refractivity contribution in [3.05, 3.63) is 54.1 Å². The molecule has 1 amide bonds. The average Bonchev–Trinajstić information content (AvgIpc) is 2.67. The fourth-order valence-electron chi connectivity index (χ4n) is 3.35. The highest BCUT2D eigenvalue weighted by atomic mass is 32.2. The number of carbonyl (C=O) groups is 1. The smallest absolute Gasteiger partial charge is 0.255 e. The van der Waals surface area contributed by atoms with E-state index < -0.39 is 14.8 Å². The summed E-state index contributed by atoms with van der Waals surface area (Å²) < 4.78 is 31.9. The first kappa shape index (κ1) is 23.1. The van der Waals surface area contributed by atoms with Crippen LogP contribution in [0.3, 0.4) is 0 Å². The Kier molecular flexibility index (Phi) is 6.62. The van der Waals surface area contributed by atoms with Crippen molar-refractivity contribution >= 4 is 33.0 Å². The van der Waals surface area contributed by atoms with Crippen molar-refractivity contribution < 1.29 is 17.9 Å². The quantitative estimate of drug-likeness (QED) is 0.724. The molecule has 0 saturated carbocycles. The Morgan fingerprint density at radius 1 is 0.935 bits per heavy atom. The number of amides is 1. The number of benzene rings is 2. The van der Waals surface area contributed by atoms with Gasteiger partial charge in [-0.2, -0.15) is 0 Å². The molecule has 0 aromatic heterocycles. The lowest BCUT2D eigenvalue weighted by molar-refractivity contribution is -0.00521. The number of sulfonamides is 1. The predicted molar refractivity (Wildman–Crippen MR) is 125 cm³/mol. The third-order valence-corrected chi connectivity index (χ3v) is 7.23. The zero-order valence-corrected chi connectivity index (χ0v) is 19.5. The van der Waals surface area contributed by atoms with E-state index in [-0.39, 0.29) is 18.1 Å². The van der Waals surface area contributed by atoms with Gasteiger partial charge in [0.15, 0.2) is 0 Å². The molecule has 1 aliphatic heterocycles. The van der Waals surface area contributed by atoms with Crippen LogP contribution >= 0.6 is 0 Å². The second kappa shape index (κ2) is 8.88. The molecule has 2 aromatic rings. The first-order chi connectivity index (χ1) is 14.4.